The van der Waals surface area contributed by atoms with E-state index in [1.807, 2.05) is 66.7 Å². The number of amides is 1. The molecule has 124 valence electrons. The molecular formula is C19H17N5O. The summed E-state index contributed by atoms with van der Waals surface area (Å²) < 4.78 is 1.43. The average molecular weight is 331 g/mol. The van der Waals surface area contributed by atoms with Crippen LogP contribution in [-0.2, 0) is 17.8 Å². The molecule has 0 saturated carbocycles. The first-order valence-electron chi connectivity index (χ1n) is 7.92. The van der Waals surface area contributed by atoms with Crippen molar-refractivity contribution in [2.75, 3.05) is 0 Å². The van der Waals surface area contributed by atoms with Crippen LogP contribution in [0.2, 0.25) is 0 Å². The molecular weight excluding hydrogens is 314 g/mol. The molecule has 6 nitrogen and oxygen atoms in total. The summed E-state index contributed by atoms with van der Waals surface area (Å²) in [6.07, 6.45) is 2.07. The molecule has 0 radical (unpaired) electrons. The van der Waals surface area contributed by atoms with Crippen LogP contribution < -0.4 is 5.32 Å². The zero-order valence-corrected chi connectivity index (χ0v) is 13.5. The highest BCUT2D eigenvalue weighted by molar-refractivity contribution is 5.76. The van der Waals surface area contributed by atoms with Crippen LogP contribution in [0.15, 0.2) is 67.0 Å². The SMILES string of the molecule is N#Cc1nncn1CC(=O)N[C@H](Cc1ccccc1)c1ccccc1. The van der Waals surface area contributed by atoms with Gasteiger partial charge in [-0.2, -0.15) is 5.26 Å². The topological polar surface area (TPSA) is 83.6 Å². The van der Waals surface area contributed by atoms with Crippen LogP contribution >= 0.6 is 0 Å². The smallest absolute Gasteiger partial charge is 0.240 e. The van der Waals surface area contributed by atoms with Gasteiger partial charge in [0.2, 0.25) is 11.7 Å². The van der Waals surface area contributed by atoms with Gasteiger partial charge in [0.15, 0.2) is 0 Å². The lowest BCUT2D eigenvalue weighted by Gasteiger charge is -2.19. The summed E-state index contributed by atoms with van der Waals surface area (Å²) in [7, 11) is 0. The molecule has 3 aromatic rings. The largest absolute Gasteiger partial charge is 0.347 e. The Morgan fingerprint density at radius 1 is 1.12 bits per heavy atom. The van der Waals surface area contributed by atoms with E-state index < -0.39 is 0 Å². The van der Waals surface area contributed by atoms with Gasteiger partial charge < -0.3 is 5.32 Å². The molecule has 1 aromatic heterocycles. The van der Waals surface area contributed by atoms with Crippen LogP contribution in [0.1, 0.15) is 23.0 Å². The van der Waals surface area contributed by atoms with Crippen molar-refractivity contribution in [1.82, 2.24) is 20.1 Å². The van der Waals surface area contributed by atoms with Gasteiger partial charge >= 0.3 is 0 Å². The number of benzene rings is 2. The molecule has 25 heavy (non-hydrogen) atoms. The van der Waals surface area contributed by atoms with Crippen LogP contribution in [0.3, 0.4) is 0 Å². The van der Waals surface area contributed by atoms with Crippen LogP contribution in [-0.4, -0.2) is 20.7 Å². The number of carbonyl (C=O) groups excluding carboxylic acids is 1. The number of hydrogen-bond acceptors (Lipinski definition) is 4. The van der Waals surface area contributed by atoms with E-state index in [1.165, 1.54) is 10.9 Å². The summed E-state index contributed by atoms with van der Waals surface area (Å²) in [5.41, 5.74) is 2.17. The summed E-state index contributed by atoms with van der Waals surface area (Å²) in [6.45, 7) is 0.00795. The van der Waals surface area contributed by atoms with E-state index in [9.17, 15) is 4.79 Å². The maximum atomic E-state index is 12.5. The molecule has 1 atom stereocenters. The lowest BCUT2D eigenvalue weighted by atomic mass is 9.99. The Balaban J connectivity index is 1.75. The Morgan fingerprint density at radius 3 is 2.48 bits per heavy atom. The Labute approximate surface area is 145 Å². The van der Waals surface area contributed by atoms with Gasteiger partial charge in [-0.1, -0.05) is 60.7 Å². The zero-order chi connectivity index (χ0) is 17.5. The third-order valence-electron chi connectivity index (χ3n) is 3.85. The van der Waals surface area contributed by atoms with Crippen molar-refractivity contribution in [3.05, 3.63) is 83.9 Å². The predicted molar refractivity (Wildman–Crippen MR) is 92.2 cm³/mol. The number of nitriles is 1. The van der Waals surface area contributed by atoms with Crippen molar-refractivity contribution in [3.8, 4) is 6.07 Å². The highest BCUT2D eigenvalue weighted by Crippen LogP contribution is 2.18. The molecule has 0 fully saturated rings. The Bertz CT molecular complexity index is 868. The first-order valence-corrected chi connectivity index (χ1v) is 7.92. The Morgan fingerprint density at radius 2 is 1.80 bits per heavy atom. The Kier molecular flexibility index (Phi) is 5.17. The number of hydrogen-bond donors (Lipinski definition) is 1. The fourth-order valence-corrected chi connectivity index (χ4v) is 2.64. The quantitative estimate of drug-likeness (QED) is 0.751. The van der Waals surface area contributed by atoms with Crippen molar-refractivity contribution in [3.63, 3.8) is 0 Å². The second kappa shape index (κ2) is 7.88. The molecule has 0 bridgehead atoms. The summed E-state index contributed by atoms with van der Waals surface area (Å²) >= 11 is 0. The van der Waals surface area contributed by atoms with Crippen molar-refractivity contribution in [2.45, 2.75) is 19.0 Å². The van der Waals surface area contributed by atoms with E-state index in [1.54, 1.807) is 0 Å². The molecule has 0 aliphatic heterocycles. The second-order valence-corrected chi connectivity index (χ2v) is 5.61. The Hall–Kier alpha value is -3.46. The van der Waals surface area contributed by atoms with E-state index in [4.69, 9.17) is 5.26 Å². The average Bonchev–Trinajstić information content (AvgIpc) is 3.10. The van der Waals surface area contributed by atoms with Gasteiger partial charge in [-0.15, -0.1) is 10.2 Å². The lowest BCUT2D eigenvalue weighted by molar-refractivity contribution is -0.122. The van der Waals surface area contributed by atoms with E-state index in [-0.39, 0.29) is 24.3 Å². The minimum atomic E-state index is -0.193. The maximum Gasteiger partial charge on any atom is 0.240 e. The number of nitrogens with one attached hydrogen (secondary N) is 1. The van der Waals surface area contributed by atoms with Gasteiger partial charge in [0.1, 0.15) is 18.9 Å². The third kappa shape index (κ3) is 4.30. The minimum absolute atomic E-state index is 0.00795. The van der Waals surface area contributed by atoms with Crippen molar-refractivity contribution in [2.24, 2.45) is 0 Å². The second-order valence-electron chi connectivity index (χ2n) is 5.61. The van der Waals surface area contributed by atoms with E-state index in [0.717, 1.165) is 11.1 Å². The molecule has 0 spiro atoms. The van der Waals surface area contributed by atoms with Gasteiger partial charge in [-0.3, -0.25) is 9.36 Å². The fourth-order valence-electron chi connectivity index (χ4n) is 2.64. The van der Waals surface area contributed by atoms with Crippen molar-refractivity contribution >= 4 is 5.91 Å². The molecule has 2 aromatic carbocycles. The van der Waals surface area contributed by atoms with Crippen LogP contribution in [0.4, 0.5) is 0 Å². The minimum Gasteiger partial charge on any atom is -0.347 e. The van der Waals surface area contributed by atoms with Gasteiger partial charge in [0, 0.05) is 0 Å². The van der Waals surface area contributed by atoms with E-state index >= 15 is 0 Å². The number of aromatic nitrogens is 3. The van der Waals surface area contributed by atoms with E-state index in [0.29, 0.717) is 6.42 Å². The maximum absolute atomic E-state index is 12.5. The summed E-state index contributed by atoms with van der Waals surface area (Å²) in [5.74, 6) is -0.0736. The van der Waals surface area contributed by atoms with Gasteiger partial charge in [0.25, 0.3) is 0 Å². The number of carbonyl (C=O) groups is 1. The lowest BCUT2D eigenvalue weighted by Crippen LogP contribution is -2.33. The first-order chi connectivity index (χ1) is 12.3. The normalized spacial score (nSPS) is 11.5. The van der Waals surface area contributed by atoms with Gasteiger partial charge in [0.05, 0.1) is 6.04 Å². The molecule has 1 heterocycles. The summed E-state index contributed by atoms with van der Waals surface area (Å²) in [4.78, 5) is 12.5. The molecule has 0 unspecified atom stereocenters. The molecule has 0 saturated heterocycles. The highest BCUT2D eigenvalue weighted by atomic mass is 16.2. The number of rotatable bonds is 6. The molecule has 6 heteroatoms. The van der Waals surface area contributed by atoms with Crippen molar-refractivity contribution < 1.29 is 4.79 Å². The van der Waals surface area contributed by atoms with E-state index in [2.05, 4.69) is 15.5 Å². The number of nitrogens with zero attached hydrogens (tertiary/aromatic N) is 4. The predicted octanol–water partition coefficient (Wildman–Crippen LogP) is 2.25. The molecule has 1 N–H and O–H groups in total. The monoisotopic (exact) mass is 331 g/mol. The molecule has 1 amide bonds. The summed E-state index contributed by atoms with van der Waals surface area (Å²) in [6, 6.07) is 21.6. The van der Waals surface area contributed by atoms with Crippen LogP contribution in [0.25, 0.3) is 0 Å². The van der Waals surface area contributed by atoms with Crippen LogP contribution in [0, 0.1) is 11.3 Å². The molecule has 0 aliphatic rings. The summed E-state index contributed by atoms with van der Waals surface area (Å²) in [5, 5.41) is 19.3. The molecule has 0 aliphatic carbocycles. The highest BCUT2D eigenvalue weighted by Gasteiger charge is 2.16. The van der Waals surface area contributed by atoms with Gasteiger partial charge in [-0.05, 0) is 17.5 Å². The zero-order valence-electron chi connectivity index (χ0n) is 13.5. The first kappa shape index (κ1) is 16.4. The molecule has 3 rings (SSSR count). The van der Waals surface area contributed by atoms with Crippen LogP contribution in [0.5, 0.6) is 0 Å². The van der Waals surface area contributed by atoms with Crippen molar-refractivity contribution in [1.29, 1.82) is 5.26 Å². The fraction of sp³-hybridized carbons (Fsp3) is 0.158. The standard InChI is InChI=1S/C19H17N5O/c20-12-18-23-21-14-24(18)13-19(25)22-17(16-9-5-2-6-10-16)11-15-7-3-1-4-8-15/h1-10,14,17H,11,13H2,(H,22,25)/t17-/m1/s1. The van der Waals surface area contributed by atoms with Gasteiger partial charge in [-0.25, -0.2) is 0 Å². The third-order valence-corrected chi connectivity index (χ3v) is 3.85.